The van der Waals surface area contributed by atoms with Crippen molar-refractivity contribution in [3.63, 3.8) is 0 Å². The third kappa shape index (κ3) is 4.12. The zero-order chi connectivity index (χ0) is 21.8. The van der Waals surface area contributed by atoms with E-state index in [0.717, 1.165) is 0 Å². The molecular formula is C20H22N2O8. The molecule has 1 aliphatic heterocycles. The number of fused-ring (bicyclic) bond motifs is 1. The van der Waals surface area contributed by atoms with Gasteiger partial charge in [-0.15, -0.1) is 0 Å². The highest BCUT2D eigenvalue weighted by Crippen LogP contribution is 2.45. The predicted molar refractivity (Wildman–Crippen MR) is 105 cm³/mol. The van der Waals surface area contributed by atoms with Gasteiger partial charge in [-0.25, -0.2) is 4.79 Å². The Kier molecular flexibility index (Phi) is 6.05. The van der Waals surface area contributed by atoms with Crippen molar-refractivity contribution in [2.24, 2.45) is 5.73 Å². The van der Waals surface area contributed by atoms with Crippen LogP contribution in [0.15, 0.2) is 24.3 Å². The first kappa shape index (κ1) is 20.9. The molecule has 0 fully saturated rings. The summed E-state index contributed by atoms with van der Waals surface area (Å²) in [4.78, 5) is 23.5. The summed E-state index contributed by atoms with van der Waals surface area (Å²) in [6, 6.07) is 4.82. The minimum Gasteiger partial charge on any atom is -0.493 e. The molecule has 0 bridgehead atoms. The molecule has 1 aliphatic rings. The number of rotatable bonds is 7. The van der Waals surface area contributed by atoms with Crippen LogP contribution in [0.4, 0.5) is 4.79 Å². The maximum Gasteiger partial charge on any atom is 0.312 e. The summed E-state index contributed by atoms with van der Waals surface area (Å²) in [5.74, 6) is 1.61. The Balaban J connectivity index is 2.21. The molecule has 0 unspecified atom stereocenters. The van der Waals surface area contributed by atoms with Crippen LogP contribution >= 0.6 is 0 Å². The summed E-state index contributed by atoms with van der Waals surface area (Å²) in [6.07, 6.45) is 0. The standard InChI is InChI=1S/C20H22N2O8/c1-10(23)30-13-8-15-14(28-9-29-15)7-12(13)18(22-20(21)24)11-5-16(25-2)19(27-4)17(6-11)26-3/h5-8,18H,9H2,1-4H3,(H3,21,22,24)/t18-/m1/s1. The second kappa shape index (κ2) is 8.68. The van der Waals surface area contributed by atoms with Crippen LogP contribution in [0, 0.1) is 0 Å². The fourth-order valence-corrected chi connectivity index (χ4v) is 3.16. The molecule has 0 saturated heterocycles. The molecule has 3 rings (SSSR count). The van der Waals surface area contributed by atoms with Crippen molar-refractivity contribution < 1.29 is 38.0 Å². The third-order valence-electron chi connectivity index (χ3n) is 4.38. The van der Waals surface area contributed by atoms with Gasteiger partial charge in [0.2, 0.25) is 12.5 Å². The Hall–Kier alpha value is -3.82. The van der Waals surface area contributed by atoms with E-state index in [9.17, 15) is 9.59 Å². The number of amides is 2. The van der Waals surface area contributed by atoms with Crippen LogP contribution in [0.3, 0.4) is 0 Å². The van der Waals surface area contributed by atoms with Crippen molar-refractivity contribution in [3.05, 3.63) is 35.4 Å². The van der Waals surface area contributed by atoms with Gasteiger partial charge in [0.1, 0.15) is 5.75 Å². The molecule has 2 amide bonds. The second-order valence-electron chi connectivity index (χ2n) is 6.24. The van der Waals surface area contributed by atoms with Crippen LogP contribution in [0.2, 0.25) is 0 Å². The molecule has 0 spiro atoms. The highest BCUT2D eigenvalue weighted by atomic mass is 16.7. The average Bonchev–Trinajstić information content (AvgIpc) is 3.17. The van der Waals surface area contributed by atoms with Gasteiger partial charge >= 0.3 is 12.0 Å². The predicted octanol–water partition coefficient (Wildman–Crippen LogP) is 2.12. The lowest BCUT2D eigenvalue weighted by atomic mass is 9.96. The summed E-state index contributed by atoms with van der Waals surface area (Å²) in [5, 5.41) is 2.66. The van der Waals surface area contributed by atoms with Crippen molar-refractivity contribution >= 4 is 12.0 Å². The highest BCUT2D eigenvalue weighted by Gasteiger charge is 2.28. The Morgan fingerprint density at radius 2 is 1.57 bits per heavy atom. The van der Waals surface area contributed by atoms with Crippen molar-refractivity contribution in [3.8, 4) is 34.5 Å². The maximum absolute atomic E-state index is 11.8. The highest BCUT2D eigenvalue weighted by molar-refractivity contribution is 5.75. The number of nitrogens with one attached hydrogen (secondary N) is 1. The monoisotopic (exact) mass is 418 g/mol. The van der Waals surface area contributed by atoms with Gasteiger partial charge in [0.25, 0.3) is 0 Å². The topological polar surface area (TPSA) is 128 Å². The van der Waals surface area contributed by atoms with Gasteiger partial charge in [0, 0.05) is 18.6 Å². The fraction of sp³-hybridized carbons (Fsp3) is 0.300. The quantitative estimate of drug-likeness (QED) is 0.517. The van der Waals surface area contributed by atoms with Crippen LogP contribution in [-0.4, -0.2) is 40.1 Å². The van der Waals surface area contributed by atoms with Gasteiger partial charge in [-0.3, -0.25) is 4.79 Å². The Labute approximate surface area is 172 Å². The number of hydrogen-bond donors (Lipinski definition) is 2. The SMILES string of the molecule is COc1cc([C@@H](NC(N)=O)c2cc3c(cc2OC(C)=O)OCO3)cc(OC)c1OC. The molecule has 10 nitrogen and oxygen atoms in total. The summed E-state index contributed by atoms with van der Waals surface area (Å²) in [5.41, 5.74) is 6.38. The zero-order valence-corrected chi connectivity index (χ0v) is 16.9. The van der Waals surface area contributed by atoms with Gasteiger partial charge in [-0.2, -0.15) is 0 Å². The molecule has 160 valence electrons. The molecule has 0 saturated carbocycles. The lowest BCUT2D eigenvalue weighted by Crippen LogP contribution is -2.34. The summed E-state index contributed by atoms with van der Waals surface area (Å²) in [7, 11) is 4.43. The van der Waals surface area contributed by atoms with Crippen LogP contribution in [-0.2, 0) is 4.79 Å². The number of urea groups is 1. The van der Waals surface area contributed by atoms with Gasteiger partial charge < -0.3 is 39.5 Å². The summed E-state index contributed by atoms with van der Waals surface area (Å²) >= 11 is 0. The Bertz CT molecular complexity index is 951. The first-order chi connectivity index (χ1) is 14.4. The maximum atomic E-state index is 11.8. The van der Waals surface area contributed by atoms with E-state index in [-0.39, 0.29) is 12.5 Å². The number of benzene rings is 2. The van der Waals surface area contributed by atoms with Crippen molar-refractivity contribution in [2.45, 2.75) is 13.0 Å². The van der Waals surface area contributed by atoms with Crippen molar-refractivity contribution in [2.75, 3.05) is 28.1 Å². The molecule has 0 radical (unpaired) electrons. The van der Waals surface area contributed by atoms with Crippen LogP contribution in [0.25, 0.3) is 0 Å². The van der Waals surface area contributed by atoms with E-state index >= 15 is 0 Å². The number of primary amides is 1. The van der Waals surface area contributed by atoms with Crippen LogP contribution in [0.5, 0.6) is 34.5 Å². The van der Waals surface area contributed by atoms with Gasteiger partial charge in [0.15, 0.2) is 23.0 Å². The van der Waals surface area contributed by atoms with E-state index in [0.29, 0.717) is 39.9 Å². The Morgan fingerprint density at radius 1 is 0.967 bits per heavy atom. The number of carbonyl (C=O) groups is 2. The Morgan fingerprint density at radius 3 is 2.07 bits per heavy atom. The van der Waals surface area contributed by atoms with E-state index in [1.54, 1.807) is 18.2 Å². The van der Waals surface area contributed by atoms with Crippen molar-refractivity contribution in [1.82, 2.24) is 5.32 Å². The number of nitrogens with two attached hydrogens (primary N) is 1. The number of ether oxygens (including phenoxy) is 6. The minimum absolute atomic E-state index is 0.0242. The lowest BCUT2D eigenvalue weighted by Gasteiger charge is -2.23. The van der Waals surface area contributed by atoms with Gasteiger partial charge in [-0.05, 0) is 23.8 Å². The number of methoxy groups -OCH3 is 3. The molecule has 30 heavy (non-hydrogen) atoms. The number of esters is 1. The van der Waals surface area contributed by atoms with Crippen LogP contribution < -0.4 is 39.5 Å². The summed E-state index contributed by atoms with van der Waals surface area (Å²) in [6.45, 7) is 1.29. The van der Waals surface area contributed by atoms with Gasteiger partial charge in [0.05, 0.1) is 27.4 Å². The fourth-order valence-electron chi connectivity index (χ4n) is 3.16. The largest absolute Gasteiger partial charge is 0.493 e. The molecule has 1 heterocycles. The van der Waals surface area contributed by atoms with E-state index in [2.05, 4.69) is 5.32 Å². The molecule has 3 N–H and O–H groups in total. The number of carbonyl (C=O) groups excluding carboxylic acids is 2. The minimum atomic E-state index is -0.833. The van der Waals surface area contributed by atoms with E-state index < -0.39 is 18.0 Å². The number of hydrogen-bond acceptors (Lipinski definition) is 8. The molecule has 2 aromatic rings. The molecule has 1 atom stereocenters. The smallest absolute Gasteiger partial charge is 0.312 e. The van der Waals surface area contributed by atoms with Crippen molar-refractivity contribution in [1.29, 1.82) is 0 Å². The summed E-state index contributed by atoms with van der Waals surface area (Å²) < 4.78 is 32.3. The average molecular weight is 418 g/mol. The van der Waals surface area contributed by atoms with Crippen LogP contribution in [0.1, 0.15) is 24.1 Å². The molecule has 0 aliphatic carbocycles. The molecule has 2 aromatic carbocycles. The first-order valence-electron chi connectivity index (χ1n) is 8.85. The lowest BCUT2D eigenvalue weighted by molar-refractivity contribution is -0.131. The first-order valence-corrected chi connectivity index (χ1v) is 8.85. The molecule has 0 aromatic heterocycles. The normalized spacial score (nSPS) is 12.7. The second-order valence-corrected chi connectivity index (χ2v) is 6.24. The molecule has 10 heteroatoms. The van der Waals surface area contributed by atoms with E-state index in [4.69, 9.17) is 34.2 Å². The zero-order valence-electron chi connectivity index (χ0n) is 16.9. The molecular weight excluding hydrogens is 396 g/mol. The third-order valence-corrected chi connectivity index (χ3v) is 4.38. The van der Waals surface area contributed by atoms with E-state index in [1.807, 2.05) is 0 Å². The van der Waals surface area contributed by atoms with E-state index in [1.165, 1.54) is 34.3 Å². The van der Waals surface area contributed by atoms with Gasteiger partial charge in [-0.1, -0.05) is 0 Å².